The zero-order valence-electron chi connectivity index (χ0n) is 38.0. The van der Waals surface area contributed by atoms with Crippen LogP contribution in [0.25, 0.3) is 0 Å². The van der Waals surface area contributed by atoms with Gasteiger partial charge < -0.3 is 14.2 Å². The van der Waals surface area contributed by atoms with Gasteiger partial charge in [-0.05, 0) is 64.2 Å². The fraction of sp³-hybridized carbons (Fsp3) is 0.642. The van der Waals surface area contributed by atoms with E-state index in [1.165, 1.54) is 77.0 Å². The van der Waals surface area contributed by atoms with Crippen LogP contribution in [-0.4, -0.2) is 37.2 Å². The van der Waals surface area contributed by atoms with E-state index < -0.39 is 6.10 Å². The highest BCUT2D eigenvalue weighted by Gasteiger charge is 2.19. The Hall–Kier alpha value is -3.67. The zero-order valence-corrected chi connectivity index (χ0v) is 38.0. The number of unbranched alkanes of at least 4 members (excludes halogenated alkanes) is 20. The third-order valence-electron chi connectivity index (χ3n) is 9.77. The fourth-order valence-corrected chi connectivity index (χ4v) is 6.18. The first-order valence-corrected chi connectivity index (χ1v) is 23.8. The number of carbonyl (C=O) groups excluding carboxylic acids is 3. The van der Waals surface area contributed by atoms with E-state index in [9.17, 15) is 14.4 Å². The average Bonchev–Trinajstić information content (AvgIpc) is 3.23. The molecule has 0 bridgehead atoms. The summed E-state index contributed by atoms with van der Waals surface area (Å²) in [6, 6.07) is 0. The maximum absolute atomic E-state index is 12.7. The van der Waals surface area contributed by atoms with Crippen molar-refractivity contribution in [1.29, 1.82) is 0 Å². The van der Waals surface area contributed by atoms with Crippen molar-refractivity contribution >= 4 is 17.9 Å². The molecule has 1 unspecified atom stereocenters. The van der Waals surface area contributed by atoms with Gasteiger partial charge in [-0.25, -0.2) is 0 Å². The highest BCUT2D eigenvalue weighted by molar-refractivity contribution is 5.71. The predicted octanol–water partition coefficient (Wildman–Crippen LogP) is 15.4. The molecule has 0 amide bonds. The second-order valence-electron chi connectivity index (χ2n) is 15.5. The molecule has 0 aliphatic heterocycles. The maximum atomic E-state index is 12.7. The third kappa shape index (κ3) is 45.3. The van der Waals surface area contributed by atoms with Gasteiger partial charge >= 0.3 is 17.9 Å². The van der Waals surface area contributed by atoms with E-state index in [0.29, 0.717) is 19.3 Å². The second kappa shape index (κ2) is 47.0. The molecule has 0 spiro atoms. The Bertz CT molecular complexity index is 1220. The van der Waals surface area contributed by atoms with Gasteiger partial charge in [-0.15, -0.1) is 0 Å². The van der Waals surface area contributed by atoms with E-state index in [1.807, 2.05) is 72.9 Å². The third-order valence-corrected chi connectivity index (χ3v) is 9.77. The standard InChI is InChI=1S/C53H86O6/c1-4-7-10-13-16-19-22-24-25-26-27-28-29-30-32-34-37-40-43-46-52(55)58-49-50(48-57-51(54)45-42-39-36-33-21-18-15-12-9-6-3)59-53(56)47-44-41-38-35-31-23-20-17-14-11-8-5-2/h7,10,13,16-17,19-20,22,24-30,32,50H,4-6,8-9,11-12,14-15,18,21,23,31,33-49H2,1-3H3/b10-7-,16-13-,20-17-,22-19-,25-24-,27-26+,29-28-,32-30-. The number of hydrogen-bond donors (Lipinski definition) is 0. The minimum atomic E-state index is -0.798. The number of esters is 3. The lowest BCUT2D eigenvalue weighted by molar-refractivity contribution is -0.167. The van der Waals surface area contributed by atoms with Crippen LogP contribution in [0, 0.1) is 0 Å². The average molecular weight is 819 g/mol. The van der Waals surface area contributed by atoms with Crippen molar-refractivity contribution in [3.05, 3.63) is 97.2 Å². The van der Waals surface area contributed by atoms with Gasteiger partial charge in [0, 0.05) is 19.3 Å². The smallest absolute Gasteiger partial charge is 0.306 e. The van der Waals surface area contributed by atoms with Crippen molar-refractivity contribution in [2.24, 2.45) is 0 Å². The first kappa shape index (κ1) is 55.3. The Morgan fingerprint density at radius 1 is 0.356 bits per heavy atom. The SMILES string of the molecule is CC\C=C/C=C\C=C/C=C\C=C\C=C/C=C\CCCCCC(=O)OCC(COC(=O)CCCCCCCCCCCC)OC(=O)CCCCCCC/C=C\CCCCC. The molecule has 0 saturated heterocycles. The highest BCUT2D eigenvalue weighted by atomic mass is 16.6. The molecular weight excluding hydrogens is 733 g/mol. The number of rotatable bonds is 41. The summed E-state index contributed by atoms with van der Waals surface area (Å²) in [6.45, 7) is 6.39. The molecule has 0 aromatic rings. The summed E-state index contributed by atoms with van der Waals surface area (Å²) < 4.78 is 16.7. The van der Waals surface area contributed by atoms with Crippen LogP contribution in [0.2, 0.25) is 0 Å². The minimum Gasteiger partial charge on any atom is -0.462 e. The summed E-state index contributed by atoms with van der Waals surface area (Å²) in [5, 5.41) is 0. The van der Waals surface area contributed by atoms with Crippen LogP contribution in [0.4, 0.5) is 0 Å². The minimum absolute atomic E-state index is 0.0958. The molecular formula is C53H86O6. The van der Waals surface area contributed by atoms with Crippen molar-refractivity contribution in [2.75, 3.05) is 13.2 Å². The fourth-order valence-electron chi connectivity index (χ4n) is 6.18. The van der Waals surface area contributed by atoms with Gasteiger partial charge in [0.15, 0.2) is 6.10 Å². The van der Waals surface area contributed by atoms with E-state index in [0.717, 1.165) is 83.5 Å². The summed E-state index contributed by atoms with van der Waals surface area (Å²) in [5.41, 5.74) is 0. The van der Waals surface area contributed by atoms with Crippen molar-refractivity contribution in [3.63, 3.8) is 0 Å². The molecule has 0 aliphatic carbocycles. The van der Waals surface area contributed by atoms with Crippen molar-refractivity contribution in [2.45, 2.75) is 207 Å². The Kier molecular flexibility index (Phi) is 44.1. The molecule has 0 fully saturated rings. The van der Waals surface area contributed by atoms with Crippen LogP contribution in [0.5, 0.6) is 0 Å². The van der Waals surface area contributed by atoms with Gasteiger partial charge in [-0.1, -0.05) is 214 Å². The summed E-state index contributed by atoms with van der Waals surface area (Å²) in [6.07, 6.45) is 61.0. The van der Waals surface area contributed by atoms with Gasteiger partial charge in [-0.3, -0.25) is 14.4 Å². The monoisotopic (exact) mass is 819 g/mol. The molecule has 6 heteroatoms. The van der Waals surface area contributed by atoms with E-state index in [2.05, 4.69) is 45.1 Å². The number of carbonyl (C=O) groups is 3. The van der Waals surface area contributed by atoms with Crippen LogP contribution < -0.4 is 0 Å². The van der Waals surface area contributed by atoms with Gasteiger partial charge in [0.25, 0.3) is 0 Å². The molecule has 334 valence electrons. The molecule has 0 radical (unpaired) electrons. The Morgan fingerprint density at radius 2 is 0.678 bits per heavy atom. The zero-order chi connectivity index (χ0) is 43.0. The van der Waals surface area contributed by atoms with E-state index >= 15 is 0 Å². The van der Waals surface area contributed by atoms with Crippen LogP contribution in [0.1, 0.15) is 201 Å². The summed E-state index contributed by atoms with van der Waals surface area (Å²) >= 11 is 0. The molecule has 0 aromatic heterocycles. The first-order chi connectivity index (χ1) is 29.0. The first-order valence-electron chi connectivity index (χ1n) is 23.8. The molecule has 0 heterocycles. The Balaban J connectivity index is 4.49. The maximum Gasteiger partial charge on any atom is 0.306 e. The van der Waals surface area contributed by atoms with Gasteiger partial charge in [0.1, 0.15) is 13.2 Å². The van der Waals surface area contributed by atoms with Crippen molar-refractivity contribution in [1.82, 2.24) is 0 Å². The largest absolute Gasteiger partial charge is 0.462 e. The molecule has 0 aromatic carbocycles. The second-order valence-corrected chi connectivity index (χ2v) is 15.5. The number of hydrogen-bond acceptors (Lipinski definition) is 6. The molecule has 0 saturated carbocycles. The molecule has 59 heavy (non-hydrogen) atoms. The van der Waals surface area contributed by atoms with Crippen LogP contribution in [0.15, 0.2) is 97.2 Å². The molecule has 0 aliphatic rings. The van der Waals surface area contributed by atoms with Gasteiger partial charge in [0.2, 0.25) is 0 Å². The van der Waals surface area contributed by atoms with Crippen LogP contribution in [0.3, 0.4) is 0 Å². The van der Waals surface area contributed by atoms with Gasteiger partial charge in [0.05, 0.1) is 0 Å². The quantitative estimate of drug-likeness (QED) is 0.0201. The summed E-state index contributed by atoms with van der Waals surface area (Å²) in [7, 11) is 0. The van der Waals surface area contributed by atoms with Crippen LogP contribution in [-0.2, 0) is 28.6 Å². The number of ether oxygens (including phenoxy) is 3. The van der Waals surface area contributed by atoms with Crippen molar-refractivity contribution < 1.29 is 28.6 Å². The van der Waals surface area contributed by atoms with Crippen molar-refractivity contribution in [3.8, 4) is 0 Å². The lowest BCUT2D eigenvalue weighted by Crippen LogP contribution is -2.30. The van der Waals surface area contributed by atoms with E-state index in [4.69, 9.17) is 14.2 Å². The molecule has 1 atom stereocenters. The topological polar surface area (TPSA) is 78.9 Å². The molecule has 0 N–H and O–H groups in total. The molecule has 0 rings (SSSR count). The van der Waals surface area contributed by atoms with E-state index in [1.54, 1.807) is 0 Å². The van der Waals surface area contributed by atoms with Gasteiger partial charge in [-0.2, -0.15) is 0 Å². The Labute approximate surface area is 362 Å². The summed E-state index contributed by atoms with van der Waals surface area (Å²) in [4.78, 5) is 37.8. The Morgan fingerprint density at radius 3 is 1.14 bits per heavy atom. The lowest BCUT2D eigenvalue weighted by Gasteiger charge is -2.18. The van der Waals surface area contributed by atoms with Crippen LogP contribution >= 0.6 is 0 Å². The highest BCUT2D eigenvalue weighted by Crippen LogP contribution is 2.13. The number of allylic oxidation sites excluding steroid dienone is 16. The normalized spacial score (nSPS) is 12.9. The van der Waals surface area contributed by atoms with E-state index in [-0.39, 0.29) is 31.1 Å². The molecule has 6 nitrogen and oxygen atoms in total. The summed E-state index contributed by atoms with van der Waals surface area (Å²) in [5.74, 6) is -0.960. The lowest BCUT2D eigenvalue weighted by atomic mass is 10.1. The predicted molar refractivity (Wildman–Crippen MR) is 251 cm³/mol.